The first-order valence-corrected chi connectivity index (χ1v) is 18.8. The largest absolute Gasteiger partial charge is 0.393 e. The molecule has 0 aliphatic heterocycles. The van der Waals surface area contributed by atoms with Crippen LogP contribution in [0.2, 0.25) is 0 Å². The molecule has 3 nitrogen and oxygen atoms in total. The first-order chi connectivity index (χ1) is 18.5. The van der Waals surface area contributed by atoms with Crippen molar-refractivity contribution in [1.82, 2.24) is 9.80 Å². The van der Waals surface area contributed by atoms with Crippen LogP contribution in [0.4, 0.5) is 0 Å². The van der Waals surface area contributed by atoms with Crippen LogP contribution in [0.15, 0.2) is 23.4 Å². The highest BCUT2D eigenvalue weighted by Gasteiger charge is 2.30. The molecule has 0 aromatic heterocycles. The van der Waals surface area contributed by atoms with Crippen LogP contribution >= 0.6 is 7.92 Å². The van der Waals surface area contributed by atoms with Crippen LogP contribution in [-0.4, -0.2) is 72.7 Å². The van der Waals surface area contributed by atoms with Crippen molar-refractivity contribution in [2.45, 2.75) is 148 Å². The fraction of sp³-hybridized carbons (Fsp3) is 0.889. The van der Waals surface area contributed by atoms with Gasteiger partial charge in [-0.25, -0.2) is 0 Å². The fourth-order valence-electron chi connectivity index (χ4n) is 5.26. The standard InChI is InChI=1S/C23H48NP.C11H23NO.C2H6/c1-11-15-23(7,8)21(5)22(6)24(9)16-13-18-25(10)17-12-14-20(4)19(2)3;1-6-12(7-2)11(9(3)4)8-10(5)13;1-2/h20-22H,2,11-18H2,1,3-10H3;10,13H,6-8H2,1-5H3;1-2H3. The zero-order chi connectivity index (χ0) is 32.1. The van der Waals surface area contributed by atoms with Crippen molar-refractivity contribution in [1.29, 1.82) is 0 Å². The van der Waals surface area contributed by atoms with Gasteiger partial charge in [-0.3, -0.25) is 0 Å². The molecule has 0 amide bonds. The van der Waals surface area contributed by atoms with Gasteiger partial charge in [0, 0.05) is 31.2 Å². The van der Waals surface area contributed by atoms with Crippen molar-refractivity contribution in [2.24, 2.45) is 17.3 Å². The van der Waals surface area contributed by atoms with Crippen LogP contribution in [0.25, 0.3) is 0 Å². The van der Waals surface area contributed by atoms with Gasteiger partial charge in [0.2, 0.25) is 0 Å². The Labute approximate surface area is 256 Å². The zero-order valence-electron chi connectivity index (χ0n) is 30.6. The minimum absolute atomic E-state index is 0.220. The molecule has 1 N–H and O–H groups in total. The molecule has 0 bridgehead atoms. The van der Waals surface area contributed by atoms with Crippen molar-refractivity contribution < 1.29 is 5.11 Å². The summed E-state index contributed by atoms with van der Waals surface area (Å²) in [6.45, 7) is 40.8. The van der Waals surface area contributed by atoms with Crippen LogP contribution in [0.5, 0.6) is 0 Å². The second kappa shape index (κ2) is 25.2. The van der Waals surface area contributed by atoms with E-state index >= 15 is 0 Å². The monoisotopic (exact) mass is 585 g/mol. The Hall–Kier alpha value is -0.370. The Morgan fingerprint density at radius 3 is 1.82 bits per heavy atom. The average molecular weight is 585 g/mol. The Morgan fingerprint density at radius 2 is 1.43 bits per heavy atom. The lowest BCUT2D eigenvalue weighted by Gasteiger charge is -2.40. The summed E-state index contributed by atoms with van der Waals surface area (Å²) < 4.78 is 0. The maximum atomic E-state index is 9.35. The third-order valence-corrected chi connectivity index (χ3v) is 11.0. The Kier molecular flexibility index (Phi) is 27.7. The predicted octanol–water partition coefficient (Wildman–Crippen LogP) is 10.7. The van der Waals surface area contributed by atoms with E-state index in [1.807, 2.05) is 20.8 Å². The fourth-order valence-corrected chi connectivity index (χ4v) is 6.89. The minimum atomic E-state index is -0.245. The Balaban J connectivity index is -0.000000766. The van der Waals surface area contributed by atoms with E-state index in [1.54, 1.807) is 0 Å². The van der Waals surface area contributed by atoms with Crippen LogP contribution in [0.3, 0.4) is 0 Å². The molecule has 242 valence electrons. The van der Waals surface area contributed by atoms with E-state index in [1.165, 1.54) is 67.8 Å². The van der Waals surface area contributed by atoms with Crippen LogP contribution in [-0.2, 0) is 0 Å². The SMILES string of the molecule is C=C(C)C(C)CCCP(C)CCCN(C)C(C)C(C)C(C)(C)CCC.CC.CCN(CC)C(CC(C)O)=C(C)C. The molecule has 0 aliphatic carbocycles. The maximum absolute atomic E-state index is 9.35. The summed E-state index contributed by atoms with van der Waals surface area (Å²) in [5, 5.41) is 9.35. The van der Waals surface area contributed by atoms with Crippen LogP contribution in [0.1, 0.15) is 135 Å². The number of hydrogen-bond donors (Lipinski definition) is 1. The van der Waals surface area contributed by atoms with E-state index in [4.69, 9.17) is 0 Å². The number of aliphatic hydroxyl groups is 1. The Bertz CT molecular complexity index is 635. The third kappa shape index (κ3) is 20.5. The van der Waals surface area contributed by atoms with E-state index < -0.39 is 0 Å². The van der Waals surface area contributed by atoms with E-state index in [2.05, 4.69) is 106 Å². The number of aliphatic hydroxyl groups excluding tert-OH is 1. The van der Waals surface area contributed by atoms with Gasteiger partial charge in [-0.05, 0) is 124 Å². The molecule has 0 radical (unpaired) electrons. The normalized spacial score (nSPS) is 15.1. The molecule has 0 spiro atoms. The molecule has 0 fully saturated rings. The summed E-state index contributed by atoms with van der Waals surface area (Å²) in [5.41, 5.74) is 4.39. The zero-order valence-corrected chi connectivity index (χ0v) is 31.5. The van der Waals surface area contributed by atoms with Gasteiger partial charge in [-0.1, -0.05) is 72.6 Å². The number of hydrogen-bond acceptors (Lipinski definition) is 3. The van der Waals surface area contributed by atoms with E-state index in [0.717, 1.165) is 25.4 Å². The van der Waals surface area contributed by atoms with E-state index in [-0.39, 0.29) is 14.0 Å². The quantitative estimate of drug-likeness (QED) is 0.121. The second-order valence-electron chi connectivity index (χ2n) is 13.0. The van der Waals surface area contributed by atoms with Gasteiger partial charge >= 0.3 is 0 Å². The summed E-state index contributed by atoms with van der Waals surface area (Å²) >= 11 is 0. The summed E-state index contributed by atoms with van der Waals surface area (Å²) in [6, 6.07) is 0.668. The maximum Gasteiger partial charge on any atom is 0.0566 e. The van der Waals surface area contributed by atoms with Crippen LogP contribution in [0, 0.1) is 17.3 Å². The number of allylic oxidation sites excluding steroid dienone is 2. The van der Waals surface area contributed by atoms with Gasteiger partial charge in [-0.15, -0.1) is 7.92 Å². The highest BCUT2D eigenvalue weighted by molar-refractivity contribution is 7.56. The van der Waals surface area contributed by atoms with Crippen molar-refractivity contribution in [3.63, 3.8) is 0 Å². The van der Waals surface area contributed by atoms with Crippen molar-refractivity contribution in [3.8, 4) is 0 Å². The second-order valence-corrected chi connectivity index (χ2v) is 15.6. The highest BCUT2D eigenvalue weighted by Crippen LogP contribution is 2.36. The average Bonchev–Trinajstić information content (AvgIpc) is 2.88. The van der Waals surface area contributed by atoms with E-state index in [0.29, 0.717) is 17.4 Å². The van der Waals surface area contributed by atoms with Gasteiger partial charge in [-0.2, -0.15) is 0 Å². The first-order valence-electron chi connectivity index (χ1n) is 16.7. The molecule has 4 heteroatoms. The molecule has 5 unspecified atom stereocenters. The molecular formula is C36H77N2OP. The lowest BCUT2D eigenvalue weighted by molar-refractivity contribution is 0.0980. The van der Waals surface area contributed by atoms with Crippen molar-refractivity contribution in [3.05, 3.63) is 23.4 Å². The number of rotatable bonds is 19. The molecule has 5 atom stereocenters. The van der Waals surface area contributed by atoms with Crippen molar-refractivity contribution >= 4 is 7.92 Å². The molecular weight excluding hydrogens is 507 g/mol. The molecule has 0 aromatic rings. The van der Waals surface area contributed by atoms with Gasteiger partial charge in [0.05, 0.1) is 6.10 Å². The van der Waals surface area contributed by atoms with Gasteiger partial charge in [0.1, 0.15) is 0 Å². The number of nitrogens with zero attached hydrogens (tertiary/aromatic N) is 2. The minimum Gasteiger partial charge on any atom is -0.393 e. The summed E-state index contributed by atoms with van der Waals surface area (Å²) in [4.78, 5) is 4.91. The summed E-state index contributed by atoms with van der Waals surface area (Å²) in [7, 11) is 2.55. The van der Waals surface area contributed by atoms with E-state index in [9.17, 15) is 5.11 Å². The Morgan fingerprint density at radius 1 is 0.925 bits per heavy atom. The topological polar surface area (TPSA) is 26.7 Å². The van der Waals surface area contributed by atoms with Gasteiger partial charge < -0.3 is 14.9 Å². The van der Waals surface area contributed by atoms with Gasteiger partial charge in [0.15, 0.2) is 0 Å². The smallest absolute Gasteiger partial charge is 0.0566 e. The molecule has 0 saturated carbocycles. The van der Waals surface area contributed by atoms with Crippen molar-refractivity contribution in [2.75, 3.05) is 45.7 Å². The molecule has 0 rings (SSSR count). The van der Waals surface area contributed by atoms with Gasteiger partial charge in [0.25, 0.3) is 0 Å². The summed E-state index contributed by atoms with van der Waals surface area (Å²) in [5.74, 6) is 1.44. The lowest BCUT2D eigenvalue weighted by Crippen LogP contribution is -2.41. The predicted molar refractivity (Wildman–Crippen MR) is 189 cm³/mol. The molecule has 0 heterocycles. The lowest BCUT2D eigenvalue weighted by atomic mass is 9.73. The molecule has 0 aliphatic rings. The molecule has 40 heavy (non-hydrogen) atoms. The highest BCUT2D eigenvalue weighted by atomic mass is 31.1. The first kappa shape index (κ1) is 44.1. The molecule has 0 saturated heterocycles. The molecule has 0 aromatic carbocycles. The summed E-state index contributed by atoms with van der Waals surface area (Å²) in [6.07, 6.45) is 10.1. The third-order valence-electron chi connectivity index (χ3n) is 8.83. The van der Waals surface area contributed by atoms with Crippen LogP contribution < -0.4 is 0 Å².